The quantitative estimate of drug-likeness (QED) is 0.354. The van der Waals surface area contributed by atoms with Gasteiger partial charge in [0.15, 0.2) is 0 Å². The number of carbonyl (C=O) groups is 3. The summed E-state index contributed by atoms with van der Waals surface area (Å²) in [7, 11) is 0. The number of aliphatic hydroxyl groups is 1. The Labute approximate surface area is 226 Å². The van der Waals surface area contributed by atoms with Crippen LogP contribution >= 0.6 is 0 Å². The summed E-state index contributed by atoms with van der Waals surface area (Å²) in [6, 6.07) is 18.0. The number of carbonyl (C=O) groups excluding carboxylic acids is 3. The molecule has 38 heavy (non-hydrogen) atoms. The van der Waals surface area contributed by atoms with Crippen LogP contribution in [-0.4, -0.2) is 47.2 Å². The van der Waals surface area contributed by atoms with E-state index in [2.05, 4.69) is 16.0 Å². The Kier molecular flexibility index (Phi) is 11.3. The zero-order valence-electron chi connectivity index (χ0n) is 23.4. The van der Waals surface area contributed by atoms with Crippen LogP contribution in [0.15, 0.2) is 60.7 Å². The molecular weight excluding hydrogens is 482 g/mol. The SMILES string of the molecule is CC(C)(C)NC(=O)C[C@@H](C(=O)NC[C@@H](O)[C@H](Cc1ccccc1)NC(=O)OCc1ccccc1)C(C)(C)C. The number of hydrogen-bond acceptors (Lipinski definition) is 5. The molecule has 0 heterocycles. The van der Waals surface area contributed by atoms with Gasteiger partial charge in [-0.1, -0.05) is 81.4 Å². The average Bonchev–Trinajstić information content (AvgIpc) is 2.83. The van der Waals surface area contributed by atoms with E-state index < -0.39 is 35.1 Å². The second-order valence-corrected chi connectivity index (χ2v) is 11.7. The summed E-state index contributed by atoms with van der Waals surface area (Å²) in [5, 5.41) is 19.5. The number of ether oxygens (including phenoxy) is 1. The van der Waals surface area contributed by atoms with Crippen molar-refractivity contribution in [2.24, 2.45) is 11.3 Å². The van der Waals surface area contributed by atoms with E-state index in [-0.39, 0.29) is 31.4 Å². The van der Waals surface area contributed by atoms with E-state index in [1.165, 1.54) is 0 Å². The molecule has 2 rings (SSSR count). The highest BCUT2D eigenvalue weighted by atomic mass is 16.5. The molecule has 0 spiro atoms. The summed E-state index contributed by atoms with van der Waals surface area (Å²) in [6.07, 6.45) is -1.38. The summed E-state index contributed by atoms with van der Waals surface area (Å²) in [5.74, 6) is -1.14. The minimum absolute atomic E-state index is 0.0280. The number of rotatable bonds is 11. The molecule has 2 aromatic carbocycles. The van der Waals surface area contributed by atoms with Gasteiger partial charge in [-0.3, -0.25) is 9.59 Å². The Hall–Kier alpha value is -3.39. The van der Waals surface area contributed by atoms with Crippen molar-refractivity contribution in [2.75, 3.05) is 6.54 Å². The van der Waals surface area contributed by atoms with E-state index in [4.69, 9.17) is 4.74 Å². The van der Waals surface area contributed by atoms with Gasteiger partial charge in [0.1, 0.15) is 6.61 Å². The maximum Gasteiger partial charge on any atom is 0.407 e. The molecule has 0 bridgehead atoms. The van der Waals surface area contributed by atoms with Crippen LogP contribution in [0.2, 0.25) is 0 Å². The van der Waals surface area contributed by atoms with Crippen molar-refractivity contribution >= 4 is 17.9 Å². The van der Waals surface area contributed by atoms with Gasteiger partial charge in [-0.15, -0.1) is 0 Å². The largest absolute Gasteiger partial charge is 0.445 e. The van der Waals surface area contributed by atoms with E-state index in [1.807, 2.05) is 102 Å². The van der Waals surface area contributed by atoms with Crippen LogP contribution in [-0.2, 0) is 27.4 Å². The molecule has 0 aliphatic rings. The van der Waals surface area contributed by atoms with E-state index in [9.17, 15) is 19.5 Å². The Morgan fingerprint density at radius 3 is 1.95 bits per heavy atom. The summed E-state index contributed by atoms with van der Waals surface area (Å²) >= 11 is 0. The predicted octanol–water partition coefficient (Wildman–Crippen LogP) is 3.97. The Morgan fingerprint density at radius 1 is 0.868 bits per heavy atom. The van der Waals surface area contributed by atoms with Crippen molar-refractivity contribution in [2.45, 2.75) is 78.7 Å². The van der Waals surface area contributed by atoms with Gasteiger partial charge in [0.05, 0.1) is 18.1 Å². The molecule has 0 radical (unpaired) electrons. The fourth-order valence-electron chi connectivity index (χ4n) is 3.98. The normalized spacial score (nSPS) is 14.1. The summed E-state index contributed by atoms with van der Waals surface area (Å²) < 4.78 is 5.35. The second-order valence-electron chi connectivity index (χ2n) is 11.7. The number of hydrogen-bond donors (Lipinski definition) is 4. The van der Waals surface area contributed by atoms with Crippen molar-refractivity contribution in [3.05, 3.63) is 71.8 Å². The van der Waals surface area contributed by atoms with Crippen molar-refractivity contribution in [3.8, 4) is 0 Å². The zero-order valence-corrected chi connectivity index (χ0v) is 23.4. The molecule has 0 aliphatic heterocycles. The fraction of sp³-hybridized carbons (Fsp3) is 0.500. The molecule has 208 valence electrons. The number of amides is 3. The maximum atomic E-state index is 13.1. The third-order valence-corrected chi connectivity index (χ3v) is 6.03. The van der Waals surface area contributed by atoms with Gasteiger partial charge in [-0.2, -0.15) is 0 Å². The first-order valence-electron chi connectivity index (χ1n) is 13.0. The third-order valence-electron chi connectivity index (χ3n) is 6.03. The van der Waals surface area contributed by atoms with E-state index in [0.29, 0.717) is 6.42 Å². The molecule has 8 nitrogen and oxygen atoms in total. The van der Waals surface area contributed by atoms with Gasteiger partial charge in [-0.05, 0) is 43.7 Å². The average molecular weight is 526 g/mol. The zero-order chi connectivity index (χ0) is 28.3. The lowest BCUT2D eigenvalue weighted by Gasteiger charge is -2.31. The van der Waals surface area contributed by atoms with Gasteiger partial charge in [0.25, 0.3) is 0 Å². The van der Waals surface area contributed by atoms with E-state index >= 15 is 0 Å². The van der Waals surface area contributed by atoms with Gasteiger partial charge in [0, 0.05) is 18.5 Å². The van der Waals surface area contributed by atoms with Gasteiger partial charge < -0.3 is 25.8 Å². The third kappa shape index (κ3) is 11.3. The lowest BCUT2D eigenvalue weighted by Crippen LogP contribution is -2.51. The highest BCUT2D eigenvalue weighted by molar-refractivity contribution is 5.86. The Bertz CT molecular complexity index is 1030. The van der Waals surface area contributed by atoms with Gasteiger partial charge in [0.2, 0.25) is 11.8 Å². The lowest BCUT2D eigenvalue weighted by molar-refractivity contribution is -0.134. The first-order valence-corrected chi connectivity index (χ1v) is 13.0. The lowest BCUT2D eigenvalue weighted by atomic mass is 9.77. The maximum absolute atomic E-state index is 13.1. The van der Waals surface area contributed by atoms with Gasteiger partial charge in [-0.25, -0.2) is 4.79 Å². The topological polar surface area (TPSA) is 117 Å². The highest BCUT2D eigenvalue weighted by Crippen LogP contribution is 2.29. The highest BCUT2D eigenvalue weighted by Gasteiger charge is 2.34. The predicted molar refractivity (Wildman–Crippen MR) is 148 cm³/mol. The number of nitrogens with one attached hydrogen (secondary N) is 3. The van der Waals surface area contributed by atoms with Gasteiger partial charge >= 0.3 is 6.09 Å². The van der Waals surface area contributed by atoms with Crippen LogP contribution in [0.1, 0.15) is 59.1 Å². The van der Waals surface area contributed by atoms with E-state index in [1.54, 1.807) is 0 Å². The van der Waals surface area contributed by atoms with Crippen molar-refractivity contribution in [3.63, 3.8) is 0 Å². The minimum atomic E-state index is -1.09. The molecule has 8 heteroatoms. The number of aliphatic hydroxyl groups excluding tert-OH is 1. The molecule has 3 amide bonds. The smallest absolute Gasteiger partial charge is 0.407 e. The van der Waals surface area contributed by atoms with Crippen molar-refractivity contribution in [1.82, 2.24) is 16.0 Å². The van der Waals surface area contributed by atoms with Crippen molar-refractivity contribution in [1.29, 1.82) is 0 Å². The molecule has 0 aromatic heterocycles. The summed E-state index contributed by atoms with van der Waals surface area (Å²) in [5.41, 5.74) is 0.877. The summed E-state index contributed by atoms with van der Waals surface area (Å²) in [6.45, 7) is 11.4. The molecule has 0 fully saturated rings. The molecule has 0 saturated heterocycles. The standard InChI is InChI=1S/C30H43N3O5/c1-29(2,3)23(18-26(35)33-30(4,5)6)27(36)31-19-25(34)24(17-21-13-9-7-10-14-21)32-28(37)38-20-22-15-11-8-12-16-22/h7-16,23-25,34H,17-20H2,1-6H3,(H,31,36)(H,32,37)(H,33,35)/t23-,24-,25+/m0/s1. The molecule has 0 saturated carbocycles. The molecule has 0 unspecified atom stereocenters. The monoisotopic (exact) mass is 525 g/mol. The Balaban J connectivity index is 2.04. The van der Waals surface area contributed by atoms with Crippen LogP contribution in [0.3, 0.4) is 0 Å². The minimum Gasteiger partial charge on any atom is -0.445 e. The van der Waals surface area contributed by atoms with Crippen LogP contribution < -0.4 is 16.0 Å². The molecular formula is C30H43N3O5. The van der Waals surface area contributed by atoms with Crippen LogP contribution in [0.4, 0.5) is 4.79 Å². The fourth-order valence-corrected chi connectivity index (χ4v) is 3.98. The second kappa shape index (κ2) is 14.0. The molecule has 0 aliphatic carbocycles. The first kappa shape index (κ1) is 30.8. The summed E-state index contributed by atoms with van der Waals surface area (Å²) in [4.78, 5) is 38.3. The van der Waals surface area contributed by atoms with Crippen LogP contribution in [0.5, 0.6) is 0 Å². The van der Waals surface area contributed by atoms with Crippen LogP contribution in [0, 0.1) is 11.3 Å². The van der Waals surface area contributed by atoms with Crippen molar-refractivity contribution < 1.29 is 24.2 Å². The number of benzene rings is 2. The Morgan fingerprint density at radius 2 is 1.42 bits per heavy atom. The molecule has 4 N–H and O–H groups in total. The molecule has 2 aromatic rings. The van der Waals surface area contributed by atoms with E-state index in [0.717, 1.165) is 11.1 Å². The number of alkyl carbamates (subject to hydrolysis) is 1. The molecule has 3 atom stereocenters. The van der Waals surface area contributed by atoms with Crippen LogP contribution in [0.25, 0.3) is 0 Å². The first-order chi connectivity index (χ1) is 17.7.